The number of hydrogen-bond acceptors (Lipinski definition) is 2. The van der Waals surface area contributed by atoms with E-state index < -0.39 is 0 Å². The molecule has 0 bridgehead atoms. The third-order valence-electron chi connectivity index (χ3n) is 3.28. The molecular weight excluding hydrogens is 210 g/mol. The van der Waals surface area contributed by atoms with Crippen molar-refractivity contribution in [1.82, 2.24) is 0 Å². The molecule has 0 fully saturated rings. The standard InChI is InChI=1S/C15H21NO/c1-15(2,3)9-8-14(17)13-10-11-6-4-5-7-12(11)16-13/h4-7,13,16H,8-10H2,1-3H3. The first-order chi connectivity index (χ1) is 7.96. The predicted molar refractivity (Wildman–Crippen MR) is 71.3 cm³/mol. The first-order valence-corrected chi connectivity index (χ1v) is 6.33. The molecule has 1 aromatic rings. The third kappa shape index (κ3) is 3.09. The van der Waals surface area contributed by atoms with Gasteiger partial charge in [0.1, 0.15) is 0 Å². The van der Waals surface area contributed by atoms with E-state index in [1.807, 2.05) is 18.2 Å². The van der Waals surface area contributed by atoms with Crippen molar-refractivity contribution in [1.29, 1.82) is 0 Å². The Morgan fingerprint density at radius 1 is 1.35 bits per heavy atom. The lowest BCUT2D eigenvalue weighted by atomic mass is 9.88. The van der Waals surface area contributed by atoms with Gasteiger partial charge in [0.2, 0.25) is 0 Å². The molecule has 1 aromatic carbocycles. The number of carbonyl (C=O) groups is 1. The maximum Gasteiger partial charge on any atom is 0.155 e. The van der Waals surface area contributed by atoms with E-state index in [9.17, 15) is 4.79 Å². The number of benzene rings is 1. The van der Waals surface area contributed by atoms with Crippen molar-refractivity contribution in [3.05, 3.63) is 29.8 Å². The van der Waals surface area contributed by atoms with Gasteiger partial charge in [-0.3, -0.25) is 4.79 Å². The average molecular weight is 231 g/mol. The Labute approximate surface area is 103 Å². The van der Waals surface area contributed by atoms with Gasteiger partial charge in [0.25, 0.3) is 0 Å². The zero-order valence-corrected chi connectivity index (χ0v) is 10.9. The van der Waals surface area contributed by atoms with E-state index in [4.69, 9.17) is 0 Å². The van der Waals surface area contributed by atoms with Gasteiger partial charge in [0.15, 0.2) is 5.78 Å². The quantitative estimate of drug-likeness (QED) is 0.863. The Hall–Kier alpha value is -1.31. The van der Waals surface area contributed by atoms with Gasteiger partial charge in [-0.1, -0.05) is 39.0 Å². The molecule has 1 heterocycles. The van der Waals surface area contributed by atoms with Crippen LogP contribution in [0.2, 0.25) is 0 Å². The van der Waals surface area contributed by atoms with Crippen LogP contribution < -0.4 is 5.32 Å². The fraction of sp³-hybridized carbons (Fsp3) is 0.533. The lowest BCUT2D eigenvalue weighted by molar-refractivity contribution is -0.120. The van der Waals surface area contributed by atoms with Gasteiger partial charge >= 0.3 is 0 Å². The maximum atomic E-state index is 12.1. The van der Waals surface area contributed by atoms with Crippen molar-refractivity contribution < 1.29 is 4.79 Å². The molecule has 0 radical (unpaired) electrons. The largest absolute Gasteiger partial charge is 0.375 e. The second-order valence-electron chi connectivity index (χ2n) is 6.09. The Kier molecular flexibility index (Phi) is 3.23. The van der Waals surface area contributed by atoms with Crippen molar-refractivity contribution in [3.8, 4) is 0 Å². The minimum atomic E-state index is -0.00486. The van der Waals surface area contributed by atoms with Crippen LogP contribution in [0.5, 0.6) is 0 Å². The average Bonchev–Trinajstić information content (AvgIpc) is 2.68. The highest BCUT2D eigenvalue weighted by Crippen LogP contribution is 2.27. The number of fused-ring (bicyclic) bond motifs is 1. The summed E-state index contributed by atoms with van der Waals surface area (Å²) in [5.74, 6) is 0.344. The van der Waals surface area contributed by atoms with E-state index in [-0.39, 0.29) is 11.5 Å². The summed E-state index contributed by atoms with van der Waals surface area (Å²) in [5.41, 5.74) is 2.63. The molecular formula is C15H21NO. The highest BCUT2D eigenvalue weighted by molar-refractivity contribution is 5.89. The van der Waals surface area contributed by atoms with Gasteiger partial charge in [-0.15, -0.1) is 0 Å². The van der Waals surface area contributed by atoms with Crippen LogP contribution in [-0.2, 0) is 11.2 Å². The summed E-state index contributed by atoms with van der Waals surface area (Å²) in [6, 6.07) is 8.18. The summed E-state index contributed by atoms with van der Waals surface area (Å²) in [7, 11) is 0. The fourth-order valence-corrected chi connectivity index (χ4v) is 2.16. The topological polar surface area (TPSA) is 29.1 Å². The Balaban J connectivity index is 1.92. The fourth-order valence-electron chi connectivity index (χ4n) is 2.16. The van der Waals surface area contributed by atoms with E-state index in [2.05, 4.69) is 32.2 Å². The second-order valence-corrected chi connectivity index (χ2v) is 6.09. The van der Waals surface area contributed by atoms with E-state index in [0.717, 1.165) is 18.5 Å². The molecule has 1 atom stereocenters. The number of anilines is 1. The van der Waals surface area contributed by atoms with E-state index in [1.54, 1.807) is 0 Å². The zero-order chi connectivity index (χ0) is 12.5. The van der Waals surface area contributed by atoms with Crippen LogP contribution in [0, 0.1) is 5.41 Å². The summed E-state index contributed by atoms with van der Waals surface area (Å²) >= 11 is 0. The molecule has 0 aliphatic carbocycles. The summed E-state index contributed by atoms with van der Waals surface area (Å²) in [5, 5.41) is 3.32. The highest BCUT2D eigenvalue weighted by atomic mass is 16.1. The minimum absolute atomic E-state index is 0.00486. The van der Waals surface area contributed by atoms with Crippen LogP contribution in [0.4, 0.5) is 5.69 Å². The molecule has 0 aromatic heterocycles. The molecule has 2 heteroatoms. The number of ketones is 1. The Morgan fingerprint density at radius 2 is 2.06 bits per heavy atom. The second kappa shape index (κ2) is 4.52. The number of Topliss-reactive ketones (excluding diaryl/α,β-unsaturated/α-hetero) is 1. The van der Waals surface area contributed by atoms with Gasteiger partial charge in [-0.2, -0.15) is 0 Å². The predicted octanol–water partition coefficient (Wildman–Crippen LogP) is 3.42. The smallest absolute Gasteiger partial charge is 0.155 e. The number of para-hydroxylation sites is 1. The van der Waals surface area contributed by atoms with Gasteiger partial charge in [0, 0.05) is 18.5 Å². The minimum Gasteiger partial charge on any atom is -0.375 e. The van der Waals surface area contributed by atoms with Crippen molar-refractivity contribution in [2.24, 2.45) is 5.41 Å². The SMILES string of the molecule is CC(C)(C)CCC(=O)C1Cc2ccccc2N1. The highest BCUT2D eigenvalue weighted by Gasteiger charge is 2.26. The lowest BCUT2D eigenvalue weighted by Crippen LogP contribution is -2.27. The molecule has 0 amide bonds. The molecule has 0 saturated heterocycles. The van der Waals surface area contributed by atoms with Crippen LogP contribution in [-0.4, -0.2) is 11.8 Å². The van der Waals surface area contributed by atoms with Crippen molar-refractivity contribution in [2.75, 3.05) is 5.32 Å². The molecule has 17 heavy (non-hydrogen) atoms. The van der Waals surface area contributed by atoms with Gasteiger partial charge < -0.3 is 5.32 Å². The van der Waals surface area contributed by atoms with Crippen molar-refractivity contribution >= 4 is 11.5 Å². The maximum absolute atomic E-state index is 12.1. The van der Waals surface area contributed by atoms with Gasteiger partial charge in [-0.25, -0.2) is 0 Å². The van der Waals surface area contributed by atoms with Gasteiger partial charge in [0.05, 0.1) is 6.04 Å². The molecule has 0 spiro atoms. The molecule has 92 valence electrons. The number of carbonyl (C=O) groups excluding carboxylic acids is 1. The van der Waals surface area contributed by atoms with Crippen LogP contribution in [0.25, 0.3) is 0 Å². The van der Waals surface area contributed by atoms with Crippen molar-refractivity contribution in [3.63, 3.8) is 0 Å². The lowest BCUT2D eigenvalue weighted by Gasteiger charge is -2.18. The summed E-state index contributed by atoms with van der Waals surface area (Å²) < 4.78 is 0. The van der Waals surface area contributed by atoms with E-state index >= 15 is 0 Å². The Bertz CT molecular complexity index is 392. The Morgan fingerprint density at radius 3 is 2.71 bits per heavy atom. The molecule has 1 aliphatic rings. The van der Waals surface area contributed by atoms with Crippen LogP contribution in [0.3, 0.4) is 0 Å². The number of hydrogen-bond donors (Lipinski definition) is 1. The molecule has 1 N–H and O–H groups in total. The number of nitrogens with one attached hydrogen (secondary N) is 1. The zero-order valence-electron chi connectivity index (χ0n) is 10.9. The van der Waals surface area contributed by atoms with Gasteiger partial charge in [-0.05, 0) is 23.5 Å². The van der Waals surface area contributed by atoms with E-state index in [0.29, 0.717) is 12.2 Å². The summed E-state index contributed by atoms with van der Waals surface area (Å²) in [6.07, 6.45) is 2.48. The summed E-state index contributed by atoms with van der Waals surface area (Å²) in [6.45, 7) is 6.53. The molecule has 1 unspecified atom stereocenters. The normalized spacial score (nSPS) is 18.6. The molecule has 2 rings (SSSR count). The molecule has 2 nitrogen and oxygen atoms in total. The first-order valence-electron chi connectivity index (χ1n) is 6.33. The van der Waals surface area contributed by atoms with E-state index in [1.165, 1.54) is 5.56 Å². The first kappa shape index (κ1) is 12.2. The van der Waals surface area contributed by atoms with Crippen LogP contribution >= 0.6 is 0 Å². The summed E-state index contributed by atoms with van der Waals surface area (Å²) in [4.78, 5) is 12.1. The van der Waals surface area contributed by atoms with Crippen LogP contribution in [0.1, 0.15) is 39.2 Å². The molecule has 1 aliphatic heterocycles. The molecule has 0 saturated carbocycles. The van der Waals surface area contributed by atoms with Crippen molar-refractivity contribution in [2.45, 2.75) is 46.1 Å². The third-order valence-corrected chi connectivity index (χ3v) is 3.28. The van der Waals surface area contributed by atoms with Crippen LogP contribution in [0.15, 0.2) is 24.3 Å². The monoisotopic (exact) mass is 231 g/mol. The number of rotatable bonds is 3.